The van der Waals surface area contributed by atoms with Gasteiger partial charge in [-0.05, 0) is 18.2 Å². The quantitative estimate of drug-likeness (QED) is 0.717. The Morgan fingerprint density at radius 2 is 1.40 bits per heavy atom. The number of carboxylic acids is 1. The molecule has 0 fully saturated rings. The number of carboxylic acid groups (broad SMARTS) is 1. The number of rotatable bonds is 5. The van der Waals surface area contributed by atoms with E-state index in [2.05, 4.69) is 0 Å². The largest absolute Gasteiger partial charge is 0.496 e. The van der Waals surface area contributed by atoms with E-state index in [1.165, 1.54) is 19.2 Å². The van der Waals surface area contributed by atoms with Crippen LogP contribution in [-0.2, 0) is 4.57 Å². The lowest BCUT2D eigenvalue weighted by Gasteiger charge is -2.22. The number of ether oxygens (including phenoxy) is 1. The number of hydrogen-bond donors (Lipinski definition) is 1. The predicted molar refractivity (Wildman–Crippen MR) is 99.3 cm³/mol. The van der Waals surface area contributed by atoms with E-state index in [1.807, 2.05) is 36.4 Å². The van der Waals surface area contributed by atoms with Crippen LogP contribution in [0.25, 0.3) is 0 Å². The Balaban J connectivity index is 2.36. The summed E-state index contributed by atoms with van der Waals surface area (Å²) in [6, 6.07) is 22.6. The van der Waals surface area contributed by atoms with E-state index < -0.39 is 13.1 Å². The molecule has 3 rings (SSSR count). The first-order valence-electron chi connectivity index (χ1n) is 7.70. The second kappa shape index (κ2) is 6.96. The lowest BCUT2D eigenvalue weighted by Crippen LogP contribution is -2.26. The van der Waals surface area contributed by atoms with Crippen LogP contribution in [-0.4, -0.2) is 18.2 Å². The van der Waals surface area contributed by atoms with Crippen molar-refractivity contribution in [3.63, 3.8) is 0 Å². The normalized spacial score (nSPS) is 11.1. The zero-order valence-electron chi connectivity index (χ0n) is 13.6. The summed E-state index contributed by atoms with van der Waals surface area (Å²) >= 11 is 0. The maximum atomic E-state index is 14.3. The van der Waals surface area contributed by atoms with Gasteiger partial charge < -0.3 is 14.4 Å². The molecule has 1 N–H and O–H groups in total. The molecule has 3 aromatic rings. The molecule has 0 atom stereocenters. The third-order valence-corrected chi connectivity index (χ3v) is 7.08. The molecular weight excluding hydrogens is 335 g/mol. The topological polar surface area (TPSA) is 63.6 Å². The van der Waals surface area contributed by atoms with Crippen LogP contribution >= 0.6 is 7.14 Å². The fourth-order valence-electron chi connectivity index (χ4n) is 2.77. The van der Waals surface area contributed by atoms with Gasteiger partial charge in [-0.2, -0.15) is 0 Å². The Labute approximate surface area is 146 Å². The van der Waals surface area contributed by atoms with E-state index >= 15 is 0 Å². The van der Waals surface area contributed by atoms with Crippen LogP contribution in [0.5, 0.6) is 5.75 Å². The van der Waals surface area contributed by atoms with E-state index in [9.17, 15) is 14.5 Å². The van der Waals surface area contributed by atoms with Gasteiger partial charge in [0.2, 0.25) is 0 Å². The Hall–Kier alpha value is -2.84. The number of aromatic carboxylic acids is 1. The number of benzene rings is 3. The first-order chi connectivity index (χ1) is 12.1. The second-order valence-corrected chi connectivity index (χ2v) is 8.21. The van der Waals surface area contributed by atoms with Crippen molar-refractivity contribution in [1.29, 1.82) is 0 Å². The van der Waals surface area contributed by atoms with Crippen LogP contribution in [0.1, 0.15) is 10.4 Å². The van der Waals surface area contributed by atoms with Crippen molar-refractivity contribution in [2.24, 2.45) is 0 Å². The molecule has 0 aliphatic carbocycles. The third-order valence-electron chi connectivity index (χ3n) is 4.00. The summed E-state index contributed by atoms with van der Waals surface area (Å²) in [6.45, 7) is 0. The lowest BCUT2D eigenvalue weighted by molar-refractivity contribution is 0.0697. The standard InChI is InChI=1S/C20H17O4P/c1-24-18-13-12-15(20(21)22)14-19(18)25(23,16-8-4-2-5-9-16)17-10-6-3-7-11-17/h2-14H,1H3,(H,21,22). The summed E-state index contributed by atoms with van der Waals surface area (Å²) in [5.41, 5.74) is 0.0721. The monoisotopic (exact) mass is 352 g/mol. The van der Waals surface area contributed by atoms with Gasteiger partial charge in [-0.15, -0.1) is 0 Å². The Kier molecular flexibility index (Phi) is 4.73. The molecule has 0 saturated heterocycles. The summed E-state index contributed by atoms with van der Waals surface area (Å²) < 4.78 is 19.7. The van der Waals surface area contributed by atoms with E-state index in [0.29, 0.717) is 21.7 Å². The zero-order valence-corrected chi connectivity index (χ0v) is 14.5. The van der Waals surface area contributed by atoms with Crippen LogP contribution in [0.2, 0.25) is 0 Å². The predicted octanol–water partition coefficient (Wildman–Crippen LogP) is 3.03. The Morgan fingerprint density at radius 3 is 1.84 bits per heavy atom. The van der Waals surface area contributed by atoms with E-state index in [0.717, 1.165) is 0 Å². The van der Waals surface area contributed by atoms with Crippen molar-refractivity contribution in [3.8, 4) is 5.75 Å². The van der Waals surface area contributed by atoms with Crippen LogP contribution in [0.4, 0.5) is 0 Å². The van der Waals surface area contributed by atoms with Crippen molar-refractivity contribution in [2.75, 3.05) is 7.11 Å². The van der Waals surface area contributed by atoms with Crippen molar-refractivity contribution in [3.05, 3.63) is 84.4 Å². The molecule has 0 aliphatic rings. The second-order valence-electron chi connectivity index (χ2n) is 5.47. The van der Waals surface area contributed by atoms with E-state index in [-0.39, 0.29) is 5.56 Å². The molecule has 0 heterocycles. The average molecular weight is 352 g/mol. The molecule has 0 bridgehead atoms. The van der Waals surface area contributed by atoms with Crippen molar-refractivity contribution < 1.29 is 19.2 Å². The van der Waals surface area contributed by atoms with Crippen molar-refractivity contribution in [1.82, 2.24) is 0 Å². The highest BCUT2D eigenvalue weighted by atomic mass is 31.2. The Morgan fingerprint density at radius 1 is 0.880 bits per heavy atom. The molecule has 5 heteroatoms. The smallest absolute Gasteiger partial charge is 0.335 e. The molecule has 25 heavy (non-hydrogen) atoms. The summed E-state index contributed by atoms with van der Waals surface area (Å²) in [4.78, 5) is 11.4. The minimum atomic E-state index is -3.29. The van der Waals surface area contributed by atoms with E-state index in [4.69, 9.17) is 4.74 Å². The maximum Gasteiger partial charge on any atom is 0.335 e. The molecule has 126 valence electrons. The molecule has 0 aromatic heterocycles. The zero-order chi connectivity index (χ0) is 17.9. The van der Waals surface area contributed by atoms with Gasteiger partial charge in [-0.25, -0.2) is 4.79 Å². The van der Waals surface area contributed by atoms with Gasteiger partial charge in [0.15, 0.2) is 7.14 Å². The number of hydrogen-bond acceptors (Lipinski definition) is 3. The SMILES string of the molecule is COc1ccc(C(=O)O)cc1P(=O)(c1ccccc1)c1ccccc1. The van der Waals surface area contributed by atoms with Gasteiger partial charge in [-0.3, -0.25) is 0 Å². The fraction of sp³-hybridized carbons (Fsp3) is 0.0500. The lowest BCUT2D eigenvalue weighted by atomic mass is 10.2. The summed E-state index contributed by atoms with van der Waals surface area (Å²) in [6.07, 6.45) is 0. The molecular formula is C20H17O4P. The van der Waals surface area contributed by atoms with Gasteiger partial charge in [0.05, 0.1) is 18.0 Å². The number of carbonyl (C=O) groups is 1. The van der Waals surface area contributed by atoms with Gasteiger partial charge in [0, 0.05) is 10.6 Å². The molecule has 0 radical (unpaired) electrons. The highest BCUT2D eigenvalue weighted by Gasteiger charge is 2.33. The summed E-state index contributed by atoms with van der Waals surface area (Å²) in [7, 11) is -1.80. The molecule has 3 aromatic carbocycles. The first kappa shape index (κ1) is 17.0. The van der Waals surface area contributed by atoms with Crippen LogP contribution < -0.4 is 20.7 Å². The van der Waals surface area contributed by atoms with Gasteiger partial charge in [0.1, 0.15) is 5.75 Å². The van der Waals surface area contributed by atoms with Crippen molar-refractivity contribution >= 4 is 29.0 Å². The van der Waals surface area contributed by atoms with E-state index in [1.54, 1.807) is 30.3 Å². The number of methoxy groups -OCH3 is 1. The van der Waals surface area contributed by atoms with Crippen molar-refractivity contribution in [2.45, 2.75) is 0 Å². The van der Waals surface area contributed by atoms with Gasteiger partial charge >= 0.3 is 5.97 Å². The fourth-order valence-corrected chi connectivity index (χ4v) is 5.61. The summed E-state index contributed by atoms with van der Waals surface area (Å²) in [5, 5.41) is 11.0. The van der Waals surface area contributed by atoms with Gasteiger partial charge in [-0.1, -0.05) is 60.7 Å². The average Bonchev–Trinajstić information content (AvgIpc) is 2.68. The minimum absolute atomic E-state index is 0.0721. The van der Waals surface area contributed by atoms with Crippen LogP contribution in [0.3, 0.4) is 0 Å². The molecule has 4 nitrogen and oxygen atoms in total. The molecule has 0 saturated carbocycles. The third kappa shape index (κ3) is 3.09. The van der Waals surface area contributed by atoms with Crippen LogP contribution in [0, 0.1) is 0 Å². The highest BCUT2D eigenvalue weighted by molar-refractivity contribution is 7.85. The van der Waals surface area contributed by atoms with Crippen LogP contribution in [0.15, 0.2) is 78.9 Å². The molecule has 0 amide bonds. The summed E-state index contributed by atoms with van der Waals surface area (Å²) in [5.74, 6) is -0.669. The van der Waals surface area contributed by atoms with Gasteiger partial charge in [0.25, 0.3) is 0 Å². The molecule has 0 unspecified atom stereocenters. The maximum absolute atomic E-state index is 14.3. The Bertz CT molecular complexity index is 893. The molecule has 0 aliphatic heterocycles. The first-order valence-corrected chi connectivity index (χ1v) is 9.41. The highest BCUT2D eigenvalue weighted by Crippen LogP contribution is 2.45. The minimum Gasteiger partial charge on any atom is -0.496 e. The molecule has 0 spiro atoms.